The van der Waals surface area contributed by atoms with Gasteiger partial charge in [-0.2, -0.15) is 11.8 Å². The standard InChI is InChI=1S/C23H32O6S2/c1-28-14-17-6-3-5-16(11-17)12-18(24)7-8-19-20(25)13-21(26)23(19)31-10-4-9-30-15-22(27)29-2/h3,5-8,11,18-20,23-25H,4,9-10,12-15H2,1-2H3/b8-7+/t18-,19?,20+,23?/m0/s1. The Labute approximate surface area is 192 Å². The van der Waals surface area contributed by atoms with E-state index in [1.165, 1.54) is 18.9 Å². The molecule has 1 saturated carbocycles. The number of ketones is 1. The van der Waals surface area contributed by atoms with E-state index in [1.54, 1.807) is 31.0 Å². The Morgan fingerprint density at radius 1 is 1.29 bits per heavy atom. The average molecular weight is 469 g/mol. The molecule has 1 aliphatic rings. The highest BCUT2D eigenvalue weighted by molar-refractivity contribution is 8.01. The monoisotopic (exact) mass is 468 g/mol. The van der Waals surface area contributed by atoms with Crippen molar-refractivity contribution in [2.24, 2.45) is 5.92 Å². The Balaban J connectivity index is 1.83. The Morgan fingerprint density at radius 2 is 2.06 bits per heavy atom. The van der Waals surface area contributed by atoms with E-state index < -0.39 is 12.2 Å². The van der Waals surface area contributed by atoms with Gasteiger partial charge in [0.25, 0.3) is 0 Å². The molecule has 31 heavy (non-hydrogen) atoms. The summed E-state index contributed by atoms with van der Waals surface area (Å²) >= 11 is 3.06. The highest BCUT2D eigenvalue weighted by atomic mass is 32.2. The van der Waals surface area contributed by atoms with Gasteiger partial charge in [0, 0.05) is 25.9 Å². The van der Waals surface area contributed by atoms with Gasteiger partial charge in [0.2, 0.25) is 0 Å². The quantitative estimate of drug-likeness (QED) is 0.259. The van der Waals surface area contributed by atoms with Gasteiger partial charge < -0.3 is 19.7 Å². The molecule has 1 aromatic rings. The van der Waals surface area contributed by atoms with E-state index >= 15 is 0 Å². The molecule has 0 amide bonds. The minimum atomic E-state index is -0.716. The molecule has 4 atom stereocenters. The third kappa shape index (κ3) is 8.98. The maximum absolute atomic E-state index is 12.3. The number of rotatable bonds is 13. The van der Waals surface area contributed by atoms with Crippen LogP contribution in [0.2, 0.25) is 0 Å². The molecule has 0 aromatic heterocycles. The molecular formula is C23H32O6S2. The summed E-state index contributed by atoms with van der Waals surface area (Å²) in [6.07, 6.45) is 3.55. The van der Waals surface area contributed by atoms with Gasteiger partial charge in [-0.3, -0.25) is 9.59 Å². The zero-order valence-corrected chi connectivity index (χ0v) is 19.7. The number of methoxy groups -OCH3 is 2. The smallest absolute Gasteiger partial charge is 0.315 e. The SMILES string of the molecule is COCc1cccc(C[C@@H](O)/C=C/C2C(SCCCSCC(=O)OC)C(=O)C[C@H]2O)c1. The molecule has 0 radical (unpaired) electrons. The van der Waals surface area contributed by atoms with Gasteiger partial charge in [-0.25, -0.2) is 0 Å². The summed E-state index contributed by atoms with van der Waals surface area (Å²) < 4.78 is 9.75. The number of aliphatic hydroxyl groups is 2. The van der Waals surface area contributed by atoms with Crippen LogP contribution in [-0.4, -0.2) is 70.9 Å². The number of benzene rings is 1. The maximum atomic E-state index is 12.3. The number of thioether (sulfide) groups is 2. The summed E-state index contributed by atoms with van der Waals surface area (Å²) in [5.41, 5.74) is 2.05. The second-order valence-corrected chi connectivity index (χ2v) is 9.85. The molecule has 0 aliphatic heterocycles. The summed E-state index contributed by atoms with van der Waals surface area (Å²) in [6.45, 7) is 0.524. The van der Waals surface area contributed by atoms with Crippen LogP contribution >= 0.6 is 23.5 Å². The van der Waals surface area contributed by atoms with Crippen molar-refractivity contribution < 1.29 is 29.3 Å². The lowest BCUT2D eigenvalue weighted by molar-refractivity contribution is -0.137. The minimum Gasteiger partial charge on any atom is -0.468 e. The average Bonchev–Trinajstić information content (AvgIpc) is 3.01. The maximum Gasteiger partial charge on any atom is 0.315 e. The van der Waals surface area contributed by atoms with Crippen LogP contribution in [0.25, 0.3) is 0 Å². The fraction of sp³-hybridized carbons (Fsp3) is 0.565. The number of Topliss-reactive ketones (excluding diaryl/α,β-unsaturated/α-hetero) is 1. The molecule has 1 fully saturated rings. The molecule has 0 heterocycles. The number of hydrogen-bond acceptors (Lipinski definition) is 8. The molecule has 6 nitrogen and oxygen atoms in total. The van der Waals surface area contributed by atoms with Gasteiger partial charge in [0.15, 0.2) is 0 Å². The van der Waals surface area contributed by atoms with E-state index in [4.69, 9.17) is 4.74 Å². The van der Waals surface area contributed by atoms with E-state index in [1.807, 2.05) is 24.3 Å². The largest absolute Gasteiger partial charge is 0.468 e. The summed E-state index contributed by atoms with van der Waals surface area (Å²) in [5, 5.41) is 20.5. The first-order chi connectivity index (χ1) is 14.9. The normalized spacial score (nSPS) is 22.2. The first-order valence-electron chi connectivity index (χ1n) is 10.3. The third-order valence-electron chi connectivity index (χ3n) is 5.00. The van der Waals surface area contributed by atoms with Crippen LogP contribution in [-0.2, 0) is 32.1 Å². The van der Waals surface area contributed by atoms with Gasteiger partial charge in [-0.15, -0.1) is 11.8 Å². The predicted octanol–water partition coefficient (Wildman–Crippen LogP) is 2.64. The van der Waals surface area contributed by atoms with Crippen molar-refractivity contribution >= 4 is 35.3 Å². The Morgan fingerprint density at radius 3 is 2.81 bits per heavy atom. The number of aliphatic hydroxyl groups excluding tert-OH is 2. The third-order valence-corrected chi connectivity index (χ3v) is 7.48. The summed E-state index contributed by atoms with van der Waals surface area (Å²) in [7, 11) is 3.02. The fourth-order valence-corrected chi connectivity index (χ4v) is 5.77. The Hall–Kier alpha value is -1.32. The predicted molar refractivity (Wildman–Crippen MR) is 125 cm³/mol. The van der Waals surface area contributed by atoms with Crippen LogP contribution in [0.4, 0.5) is 0 Å². The molecule has 2 unspecified atom stereocenters. The zero-order valence-electron chi connectivity index (χ0n) is 18.1. The van der Waals surface area contributed by atoms with Crippen LogP contribution in [0.1, 0.15) is 24.0 Å². The molecule has 0 saturated heterocycles. The first-order valence-corrected chi connectivity index (χ1v) is 12.5. The molecule has 2 N–H and O–H groups in total. The second kappa shape index (κ2) is 14.0. The molecule has 0 spiro atoms. The van der Waals surface area contributed by atoms with Gasteiger partial charge in [0.05, 0.1) is 36.9 Å². The van der Waals surface area contributed by atoms with Crippen molar-refractivity contribution in [1.82, 2.24) is 0 Å². The summed E-state index contributed by atoms with van der Waals surface area (Å²) in [6, 6.07) is 7.88. The molecule has 2 rings (SSSR count). The van der Waals surface area contributed by atoms with Crippen LogP contribution in [0.5, 0.6) is 0 Å². The number of ether oxygens (including phenoxy) is 2. The van der Waals surface area contributed by atoms with Crippen LogP contribution in [0, 0.1) is 5.92 Å². The van der Waals surface area contributed by atoms with E-state index in [0.29, 0.717) is 18.8 Å². The van der Waals surface area contributed by atoms with E-state index in [-0.39, 0.29) is 29.3 Å². The molecular weight excluding hydrogens is 436 g/mol. The van der Waals surface area contributed by atoms with Crippen molar-refractivity contribution in [3.8, 4) is 0 Å². The lowest BCUT2D eigenvalue weighted by Gasteiger charge is -2.17. The van der Waals surface area contributed by atoms with E-state index in [0.717, 1.165) is 29.1 Å². The molecule has 8 heteroatoms. The minimum absolute atomic E-state index is 0.0520. The lowest BCUT2D eigenvalue weighted by Crippen LogP contribution is -2.22. The van der Waals surface area contributed by atoms with Gasteiger partial charge >= 0.3 is 5.97 Å². The fourth-order valence-electron chi connectivity index (χ4n) is 3.47. The number of carbonyl (C=O) groups excluding carboxylic acids is 2. The molecule has 0 bridgehead atoms. The van der Waals surface area contributed by atoms with Gasteiger partial charge in [-0.05, 0) is 29.1 Å². The number of carbonyl (C=O) groups is 2. The molecule has 1 aromatic carbocycles. The second-order valence-electron chi connectivity index (χ2n) is 7.50. The van der Waals surface area contributed by atoms with Gasteiger partial charge in [-0.1, -0.05) is 36.4 Å². The highest BCUT2D eigenvalue weighted by Gasteiger charge is 2.40. The number of hydrogen-bond donors (Lipinski definition) is 2. The van der Waals surface area contributed by atoms with E-state index in [2.05, 4.69) is 4.74 Å². The van der Waals surface area contributed by atoms with Crippen molar-refractivity contribution in [3.63, 3.8) is 0 Å². The van der Waals surface area contributed by atoms with Crippen LogP contribution in [0.3, 0.4) is 0 Å². The van der Waals surface area contributed by atoms with Crippen molar-refractivity contribution in [2.75, 3.05) is 31.5 Å². The van der Waals surface area contributed by atoms with Crippen molar-refractivity contribution in [2.45, 2.75) is 43.3 Å². The Bertz CT molecular complexity index is 739. The molecule has 172 valence electrons. The van der Waals surface area contributed by atoms with Crippen LogP contribution < -0.4 is 0 Å². The first kappa shape index (κ1) is 25.9. The van der Waals surface area contributed by atoms with Crippen molar-refractivity contribution in [3.05, 3.63) is 47.5 Å². The summed E-state index contributed by atoms with van der Waals surface area (Å²) in [5.74, 6) is 1.44. The number of esters is 1. The summed E-state index contributed by atoms with van der Waals surface area (Å²) in [4.78, 5) is 23.4. The lowest BCUT2D eigenvalue weighted by atomic mass is 10.0. The van der Waals surface area contributed by atoms with Crippen molar-refractivity contribution in [1.29, 1.82) is 0 Å². The highest BCUT2D eigenvalue weighted by Crippen LogP contribution is 2.34. The topological polar surface area (TPSA) is 93.1 Å². The van der Waals surface area contributed by atoms with Gasteiger partial charge in [0.1, 0.15) is 5.78 Å². The van der Waals surface area contributed by atoms with Crippen LogP contribution in [0.15, 0.2) is 36.4 Å². The van der Waals surface area contributed by atoms with E-state index in [9.17, 15) is 19.8 Å². The Kier molecular flexibility index (Phi) is 11.7. The zero-order chi connectivity index (χ0) is 22.6. The molecule has 1 aliphatic carbocycles.